The number of aryl methyl sites for hydroxylation is 1. The molecule has 1 aromatic carbocycles. The van der Waals surface area contributed by atoms with E-state index in [4.69, 9.17) is 26.5 Å². The summed E-state index contributed by atoms with van der Waals surface area (Å²) in [6, 6.07) is 5.21. The summed E-state index contributed by atoms with van der Waals surface area (Å²) >= 11 is 5.98. The number of ether oxygens (including phenoxy) is 1. The van der Waals surface area contributed by atoms with E-state index in [1.807, 2.05) is 0 Å². The average Bonchev–Trinajstić information content (AvgIpc) is 2.68. The maximum absolute atomic E-state index is 11.9. The highest BCUT2D eigenvalue weighted by Gasteiger charge is 2.23. The Morgan fingerprint density at radius 3 is 2.68 bits per heavy atom. The zero-order chi connectivity index (χ0) is 14.2. The van der Waals surface area contributed by atoms with E-state index >= 15 is 0 Å². The van der Waals surface area contributed by atoms with Crippen molar-refractivity contribution < 1.29 is 18.7 Å². The Hall–Kier alpha value is -2.01. The minimum absolute atomic E-state index is 0.0243. The molecule has 100 valence electrons. The molecule has 0 aliphatic carbocycles. The average molecular weight is 282 g/mol. The van der Waals surface area contributed by atoms with E-state index in [9.17, 15) is 9.59 Å². The van der Waals surface area contributed by atoms with Crippen LogP contribution >= 0.6 is 11.6 Å². The molecular formula is C13H12ClNO4. The smallest absolute Gasteiger partial charge is 0.375 e. The lowest BCUT2D eigenvalue weighted by molar-refractivity contribution is -0.125. The van der Waals surface area contributed by atoms with E-state index < -0.39 is 18.0 Å². The Balaban J connectivity index is 2.41. The number of halogens is 1. The molecule has 1 unspecified atom stereocenters. The summed E-state index contributed by atoms with van der Waals surface area (Å²) in [6.45, 7) is 3.11. The van der Waals surface area contributed by atoms with Gasteiger partial charge in [-0.1, -0.05) is 23.7 Å². The molecule has 0 spiro atoms. The molecule has 2 aromatic rings. The molecule has 5 nitrogen and oxygen atoms in total. The number of hydrogen-bond donors (Lipinski definition) is 1. The first-order valence-corrected chi connectivity index (χ1v) is 5.97. The van der Waals surface area contributed by atoms with Crippen molar-refractivity contribution in [2.45, 2.75) is 20.0 Å². The number of carbonyl (C=O) groups is 2. The first kappa shape index (κ1) is 13.4. The van der Waals surface area contributed by atoms with Gasteiger partial charge in [-0.25, -0.2) is 4.79 Å². The van der Waals surface area contributed by atoms with Crippen molar-refractivity contribution in [3.05, 3.63) is 34.5 Å². The number of carbonyl (C=O) groups excluding carboxylic acids is 2. The van der Waals surface area contributed by atoms with Gasteiger partial charge < -0.3 is 14.9 Å². The lowest BCUT2D eigenvalue weighted by Crippen LogP contribution is -2.30. The molecule has 2 N–H and O–H groups in total. The van der Waals surface area contributed by atoms with Gasteiger partial charge in [-0.15, -0.1) is 0 Å². The number of amides is 1. The van der Waals surface area contributed by atoms with Crippen LogP contribution in [-0.4, -0.2) is 18.0 Å². The fourth-order valence-corrected chi connectivity index (χ4v) is 1.89. The lowest BCUT2D eigenvalue weighted by Gasteiger charge is -2.07. The summed E-state index contributed by atoms with van der Waals surface area (Å²) in [5.41, 5.74) is 6.06. The third kappa shape index (κ3) is 2.42. The number of benzene rings is 1. The fourth-order valence-electron chi connectivity index (χ4n) is 1.68. The van der Waals surface area contributed by atoms with Crippen molar-refractivity contribution >= 4 is 34.4 Å². The van der Waals surface area contributed by atoms with Gasteiger partial charge in [0.05, 0.1) is 5.02 Å². The summed E-state index contributed by atoms with van der Waals surface area (Å²) in [7, 11) is 0. The predicted octanol–water partition coefficient (Wildman–Crippen LogP) is 2.43. The summed E-state index contributed by atoms with van der Waals surface area (Å²) in [6.07, 6.45) is -1.02. The highest BCUT2D eigenvalue weighted by molar-refractivity contribution is 6.35. The van der Waals surface area contributed by atoms with Gasteiger partial charge in [0.1, 0.15) is 0 Å². The van der Waals surface area contributed by atoms with Crippen LogP contribution in [0.5, 0.6) is 0 Å². The normalized spacial score (nSPS) is 12.4. The molecule has 0 fully saturated rings. The van der Waals surface area contributed by atoms with Gasteiger partial charge in [0.25, 0.3) is 5.91 Å². The predicted molar refractivity (Wildman–Crippen MR) is 70.0 cm³/mol. The number of furan rings is 1. The lowest BCUT2D eigenvalue weighted by atomic mass is 10.1. The largest absolute Gasteiger partial charge is 0.447 e. The summed E-state index contributed by atoms with van der Waals surface area (Å²) in [5, 5.41) is 1.13. The topological polar surface area (TPSA) is 82.5 Å². The van der Waals surface area contributed by atoms with Gasteiger partial charge in [-0.3, -0.25) is 4.79 Å². The molecule has 0 aliphatic rings. The summed E-state index contributed by atoms with van der Waals surface area (Å²) in [4.78, 5) is 22.8. The number of fused-ring (bicyclic) bond motifs is 1. The van der Waals surface area contributed by atoms with Crippen LogP contribution < -0.4 is 5.73 Å². The zero-order valence-electron chi connectivity index (χ0n) is 10.4. The molecule has 0 bridgehead atoms. The Labute approximate surface area is 114 Å². The molecule has 1 atom stereocenters. The second-order valence-corrected chi connectivity index (χ2v) is 4.53. The first-order valence-electron chi connectivity index (χ1n) is 5.59. The molecule has 6 heteroatoms. The van der Waals surface area contributed by atoms with Crippen LogP contribution in [0.2, 0.25) is 5.02 Å². The van der Waals surface area contributed by atoms with Crippen LogP contribution in [0.3, 0.4) is 0 Å². The maximum atomic E-state index is 11.9. The molecule has 1 aromatic heterocycles. The van der Waals surface area contributed by atoms with E-state index in [2.05, 4.69) is 0 Å². The second kappa shape index (κ2) is 4.93. The number of esters is 1. The van der Waals surface area contributed by atoms with Gasteiger partial charge >= 0.3 is 5.97 Å². The standard InChI is InChI=1S/C13H12ClNO4/c1-6-8-4-3-5-9(14)11(8)19-10(6)13(17)18-7(2)12(15)16/h3-5,7H,1-2H3,(H2,15,16). The highest BCUT2D eigenvalue weighted by atomic mass is 35.5. The molecular weight excluding hydrogens is 270 g/mol. The number of para-hydroxylation sites is 1. The van der Waals surface area contributed by atoms with Crippen LogP contribution in [0.25, 0.3) is 11.0 Å². The molecule has 19 heavy (non-hydrogen) atoms. The van der Waals surface area contributed by atoms with Crippen molar-refractivity contribution in [2.75, 3.05) is 0 Å². The van der Waals surface area contributed by atoms with Crippen LogP contribution in [0.1, 0.15) is 23.0 Å². The third-order valence-electron chi connectivity index (χ3n) is 2.79. The van der Waals surface area contributed by atoms with E-state index in [0.717, 1.165) is 5.39 Å². The van der Waals surface area contributed by atoms with Crippen LogP contribution in [-0.2, 0) is 9.53 Å². The molecule has 0 aliphatic heterocycles. The van der Waals surface area contributed by atoms with Crippen molar-refractivity contribution in [3.8, 4) is 0 Å². The van der Waals surface area contributed by atoms with Crippen LogP contribution in [0.4, 0.5) is 0 Å². The number of nitrogens with two attached hydrogens (primary N) is 1. The fraction of sp³-hybridized carbons (Fsp3) is 0.231. The van der Waals surface area contributed by atoms with Gasteiger partial charge in [-0.2, -0.15) is 0 Å². The quantitative estimate of drug-likeness (QED) is 0.876. The van der Waals surface area contributed by atoms with Crippen molar-refractivity contribution in [2.24, 2.45) is 5.73 Å². The molecule has 0 saturated heterocycles. The van der Waals surface area contributed by atoms with E-state index in [0.29, 0.717) is 16.2 Å². The second-order valence-electron chi connectivity index (χ2n) is 4.12. The number of hydrogen-bond acceptors (Lipinski definition) is 4. The monoisotopic (exact) mass is 281 g/mol. The zero-order valence-corrected chi connectivity index (χ0v) is 11.2. The van der Waals surface area contributed by atoms with E-state index in [-0.39, 0.29) is 5.76 Å². The number of rotatable bonds is 3. The summed E-state index contributed by atoms with van der Waals surface area (Å²) < 4.78 is 10.3. The Morgan fingerprint density at radius 2 is 2.11 bits per heavy atom. The van der Waals surface area contributed by atoms with E-state index in [1.54, 1.807) is 25.1 Å². The highest BCUT2D eigenvalue weighted by Crippen LogP contribution is 2.31. The third-order valence-corrected chi connectivity index (χ3v) is 3.08. The maximum Gasteiger partial charge on any atom is 0.375 e. The minimum Gasteiger partial charge on any atom is -0.447 e. The van der Waals surface area contributed by atoms with Crippen molar-refractivity contribution in [1.29, 1.82) is 0 Å². The Morgan fingerprint density at radius 1 is 1.42 bits per heavy atom. The molecule has 0 saturated carbocycles. The number of primary amides is 1. The molecule has 0 radical (unpaired) electrons. The molecule has 1 amide bonds. The van der Waals surface area contributed by atoms with Gasteiger partial charge in [0.2, 0.25) is 5.76 Å². The first-order chi connectivity index (χ1) is 8.91. The van der Waals surface area contributed by atoms with Gasteiger partial charge in [-0.05, 0) is 19.9 Å². The minimum atomic E-state index is -1.02. The SMILES string of the molecule is Cc1c(C(=O)OC(C)C(N)=O)oc2c(Cl)cccc12. The van der Waals surface area contributed by atoms with Crippen molar-refractivity contribution in [3.63, 3.8) is 0 Å². The van der Waals surface area contributed by atoms with Crippen molar-refractivity contribution in [1.82, 2.24) is 0 Å². The van der Waals surface area contributed by atoms with Crippen LogP contribution in [0.15, 0.2) is 22.6 Å². The Kier molecular flexibility index (Phi) is 3.48. The van der Waals surface area contributed by atoms with Gasteiger partial charge in [0, 0.05) is 10.9 Å². The molecule has 2 rings (SSSR count). The van der Waals surface area contributed by atoms with E-state index in [1.165, 1.54) is 6.92 Å². The molecule has 1 heterocycles. The van der Waals surface area contributed by atoms with Crippen LogP contribution in [0, 0.1) is 6.92 Å². The Bertz CT molecular complexity index is 662. The summed E-state index contributed by atoms with van der Waals surface area (Å²) in [5.74, 6) is -1.44. The van der Waals surface area contributed by atoms with Gasteiger partial charge in [0.15, 0.2) is 11.7 Å².